The lowest BCUT2D eigenvalue weighted by Gasteiger charge is -2.36. The highest BCUT2D eigenvalue weighted by atomic mass is 32.2. The lowest BCUT2D eigenvalue weighted by Crippen LogP contribution is -2.45. The van der Waals surface area contributed by atoms with Crippen molar-refractivity contribution in [2.75, 3.05) is 24.5 Å². The van der Waals surface area contributed by atoms with Gasteiger partial charge in [-0.15, -0.1) is 0 Å². The molecular formula is C25H28N2O2S. The first-order chi connectivity index (χ1) is 14.4. The number of fused-ring (bicyclic) bond motifs is 3. The summed E-state index contributed by atoms with van der Waals surface area (Å²) in [6, 6.07) is 16.4. The molecule has 0 radical (unpaired) electrons. The lowest BCUT2D eigenvalue weighted by molar-refractivity contribution is 0.287. The Hall–Kier alpha value is -2.11. The Morgan fingerprint density at radius 2 is 1.73 bits per heavy atom. The molecule has 4 nitrogen and oxygen atoms in total. The third-order valence-corrected chi connectivity index (χ3v) is 9.44. The topological polar surface area (TPSA) is 40.6 Å². The summed E-state index contributed by atoms with van der Waals surface area (Å²) < 4.78 is 28.8. The van der Waals surface area contributed by atoms with Crippen LogP contribution in [0.1, 0.15) is 36.8 Å². The maximum atomic E-state index is 13.5. The van der Waals surface area contributed by atoms with E-state index in [1.807, 2.05) is 19.1 Å². The molecule has 0 amide bonds. The van der Waals surface area contributed by atoms with Gasteiger partial charge in [0.1, 0.15) is 0 Å². The number of para-hydroxylation sites is 1. The molecule has 1 saturated carbocycles. The number of nitrogens with zero attached hydrogens (tertiary/aromatic N) is 2. The van der Waals surface area contributed by atoms with Crippen molar-refractivity contribution in [3.63, 3.8) is 0 Å². The second-order valence-corrected chi connectivity index (χ2v) is 11.7. The summed E-state index contributed by atoms with van der Waals surface area (Å²) in [6.07, 6.45) is 5.02. The molecule has 2 aromatic rings. The predicted octanol–water partition coefficient (Wildman–Crippen LogP) is 4.33. The molecule has 2 heterocycles. The third-order valence-electron chi connectivity index (χ3n) is 7.58. The van der Waals surface area contributed by atoms with E-state index in [1.165, 1.54) is 24.1 Å². The minimum atomic E-state index is -3.52. The Morgan fingerprint density at radius 3 is 2.47 bits per heavy atom. The van der Waals surface area contributed by atoms with Crippen molar-refractivity contribution in [2.45, 2.75) is 43.5 Å². The van der Waals surface area contributed by atoms with E-state index in [4.69, 9.17) is 0 Å². The van der Waals surface area contributed by atoms with Crippen LogP contribution in [0, 0.1) is 18.3 Å². The van der Waals surface area contributed by atoms with Gasteiger partial charge in [-0.2, -0.15) is 4.31 Å². The second-order valence-electron chi connectivity index (χ2n) is 9.75. The maximum Gasteiger partial charge on any atom is 0.243 e. The van der Waals surface area contributed by atoms with E-state index in [9.17, 15) is 8.42 Å². The summed E-state index contributed by atoms with van der Waals surface area (Å²) in [4.78, 5) is 2.91. The number of aryl methyl sites for hydroxylation is 1. The van der Waals surface area contributed by atoms with Crippen LogP contribution >= 0.6 is 0 Å². The predicted molar refractivity (Wildman–Crippen MR) is 119 cm³/mol. The molecule has 0 bridgehead atoms. The van der Waals surface area contributed by atoms with Crippen molar-refractivity contribution in [1.29, 1.82) is 0 Å². The molecule has 0 spiro atoms. The monoisotopic (exact) mass is 420 g/mol. The normalized spacial score (nSPS) is 30.6. The molecule has 2 aliphatic carbocycles. The van der Waals surface area contributed by atoms with E-state index in [2.05, 4.69) is 42.2 Å². The average molecular weight is 421 g/mol. The Morgan fingerprint density at radius 1 is 1.00 bits per heavy atom. The molecule has 30 heavy (non-hydrogen) atoms. The fraction of sp³-hybridized carbons (Fsp3) is 0.440. The minimum absolute atomic E-state index is 0.185. The molecule has 156 valence electrons. The van der Waals surface area contributed by atoms with Crippen molar-refractivity contribution < 1.29 is 8.42 Å². The van der Waals surface area contributed by atoms with Crippen LogP contribution in [0.3, 0.4) is 0 Å². The third kappa shape index (κ3) is 2.58. The van der Waals surface area contributed by atoms with Crippen molar-refractivity contribution in [1.82, 2.24) is 4.31 Å². The van der Waals surface area contributed by atoms with Crippen LogP contribution in [0.2, 0.25) is 0 Å². The molecule has 0 aromatic heterocycles. The first-order valence-electron chi connectivity index (χ1n) is 11.0. The highest BCUT2D eigenvalue weighted by Crippen LogP contribution is 2.61. The Balaban J connectivity index is 1.44. The molecule has 2 aliphatic heterocycles. The fourth-order valence-electron chi connectivity index (χ4n) is 6.10. The fourth-order valence-corrected chi connectivity index (χ4v) is 7.64. The molecule has 0 unspecified atom stereocenters. The number of benzene rings is 2. The van der Waals surface area contributed by atoms with E-state index in [0.717, 1.165) is 12.1 Å². The van der Waals surface area contributed by atoms with Crippen molar-refractivity contribution >= 4 is 15.7 Å². The zero-order valence-electron chi connectivity index (χ0n) is 17.6. The average Bonchev–Trinajstić information content (AvgIpc) is 3.48. The molecule has 4 aliphatic rings. The van der Waals surface area contributed by atoms with Gasteiger partial charge in [0, 0.05) is 42.7 Å². The molecule has 2 aromatic carbocycles. The van der Waals surface area contributed by atoms with Crippen LogP contribution in [0.4, 0.5) is 5.69 Å². The summed E-state index contributed by atoms with van der Waals surface area (Å²) >= 11 is 0. The summed E-state index contributed by atoms with van der Waals surface area (Å²) in [5, 5.41) is 0. The van der Waals surface area contributed by atoms with Crippen LogP contribution < -0.4 is 4.90 Å². The quantitative estimate of drug-likeness (QED) is 0.694. The number of hydrogen-bond acceptors (Lipinski definition) is 3. The first kappa shape index (κ1) is 18.6. The van der Waals surface area contributed by atoms with E-state index in [0.29, 0.717) is 35.9 Å². The molecule has 3 atom stereocenters. The molecule has 0 N–H and O–H groups in total. The molecule has 2 fully saturated rings. The van der Waals surface area contributed by atoms with Crippen LogP contribution in [-0.4, -0.2) is 38.4 Å². The first-order valence-corrected chi connectivity index (χ1v) is 12.5. The largest absolute Gasteiger partial charge is 0.365 e. The Bertz CT molecular complexity index is 1150. The highest BCUT2D eigenvalue weighted by molar-refractivity contribution is 7.89. The minimum Gasteiger partial charge on any atom is -0.365 e. The van der Waals surface area contributed by atoms with Gasteiger partial charge in [0.15, 0.2) is 0 Å². The van der Waals surface area contributed by atoms with Gasteiger partial charge in [0.2, 0.25) is 10.0 Å². The summed E-state index contributed by atoms with van der Waals surface area (Å²) in [6.45, 7) is 6.08. The summed E-state index contributed by atoms with van der Waals surface area (Å²) in [7, 11) is -3.52. The maximum absolute atomic E-state index is 13.5. The van der Waals surface area contributed by atoms with Gasteiger partial charge < -0.3 is 4.90 Å². The number of anilines is 1. The zero-order chi connectivity index (χ0) is 20.7. The van der Waals surface area contributed by atoms with Gasteiger partial charge in [-0.3, -0.25) is 0 Å². The van der Waals surface area contributed by atoms with Crippen molar-refractivity contribution in [3.8, 4) is 0 Å². The molecular weight excluding hydrogens is 392 g/mol. The molecule has 1 saturated heterocycles. The Labute approximate surface area is 179 Å². The number of hydrogen-bond donors (Lipinski definition) is 0. The van der Waals surface area contributed by atoms with Crippen molar-refractivity contribution in [3.05, 3.63) is 71.3 Å². The smallest absolute Gasteiger partial charge is 0.243 e. The second kappa shape index (κ2) is 6.21. The van der Waals surface area contributed by atoms with Gasteiger partial charge in [-0.05, 0) is 49.4 Å². The van der Waals surface area contributed by atoms with E-state index >= 15 is 0 Å². The van der Waals surface area contributed by atoms with Crippen molar-refractivity contribution in [2.24, 2.45) is 11.3 Å². The van der Waals surface area contributed by atoms with E-state index < -0.39 is 10.0 Å². The number of rotatable bonds is 3. The summed E-state index contributed by atoms with van der Waals surface area (Å²) in [5.74, 6) is 1.11. The van der Waals surface area contributed by atoms with Crippen LogP contribution in [0.5, 0.6) is 0 Å². The van der Waals surface area contributed by atoms with Gasteiger partial charge in [-0.25, -0.2) is 8.42 Å². The van der Waals surface area contributed by atoms with Gasteiger partial charge in [0.05, 0.1) is 4.90 Å². The standard InChI is InChI=1S/C25H28N2O2S/c1-17-7-11-19(12-8-17)30(28,29)26-13-14-27-22-6-4-3-5-20(22)23-21(18-9-10-18)15-25(2,16-26)24(23)27/h3-8,11-12,15,18,23-24H,9-10,13-14,16H2,1-2H3/t23-,24-,25-/m0/s1. The lowest BCUT2D eigenvalue weighted by atomic mass is 9.81. The zero-order valence-corrected chi connectivity index (χ0v) is 18.4. The van der Waals surface area contributed by atoms with Crippen LogP contribution in [0.15, 0.2) is 65.1 Å². The van der Waals surface area contributed by atoms with Crippen LogP contribution in [0.25, 0.3) is 0 Å². The SMILES string of the molecule is Cc1ccc(S(=O)(=O)N2CCN3c4ccccc4[C@H]4C(C5CC5)=C[C@@](C)(C2)[C@H]43)cc1. The highest BCUT2D eigenvalue weighted by Gasteiger charge is 2.57. The Kier molecular flexibility index (Phi) is 3.86. The van der Waals surface area contributed by atoms with E-state index in [1.54, 1.807) is 22.0 Å². The van der Waals surface area contributed by atoms with Gasteiger partial charge in [0.25, 0.3) is 0 Å². The van der Waals surface area contributed by atoms with E-state index in [-0.39, 0.29) is 5.41 Å². The number of sulfonamides is 1. The summed E-state index contributed by atoms with van der Waals surface area (Å²) in [5.41, 5.74) is 5.20. The van der Waals surface area contributed by atoms with Crippen LogP contribution in [-0.2, 0) is 10.0 Å². The van der Waals surface area contributed by atoms with Gasteiger partial charge >= 0.3 is 0 Å². The van der Waals surface area contributed by atoms with Gasteiger partial charge in [-0.1, -0.05) is 54.5 Å². The molecule has 6 rings (SSSR count). The molecule has 5 heteroatoms.